The van der Waals surface area contributed by atoms with E-state index in [-0.39, 0.29) is 12.1 Å². The fraction of sp³-hybridized carbons (Fsp3) is 0.364. The molecule has 2 unspecified atom stereocenters. The first-order valence-electron chi connectivity index (χ1n) is 10.0. The van der Waals surface area contributed by atoms with Crippen LogP contribution in [0.15, 0.2) is 54.6 Å². The van der Waals surface area contributed by atoms with E-state index in [2.05, 4.69) is 44.3 Å². The first-order valence-corrected chi connectivity index (χ1v) is 10.0. The van der Waals surface area contributed by atoms with E-state index in [9.17, 15) is 9.59 Å². The number of fused-ring (bicyclic) bond motifs is 1. The fourth-order valence-electron chi connectivity index (χ4n) is 4.44. The molecule has 0 spiro atoms. The molecule has 2 aliphatic rings. The molecule has 1 amide bonds. The normalized spacial score (nSPS) is 22.3. The second kappa shape index (κ2) is 8.63. The van der Waals surface area contributed by atoms with Crippen LogP contribution < -0.4 is 10.2 Å². The first kappa shape index (κ1) is 19.4. The molecular weight excluding hydrogens is 368 g/mol. The average Bonchev–Trinajstić information content (AvgIpc) is 3.09. The number of hydrogen-bond donors (Lipinski definition) is 2. The van der Waals surface area contributed by atoms with Crippen molar-refractivity contribution in [1.29, 1.82) is 0 Å². The Balaban J connectivity index is 1.54. The Morgan fingerprint density at radius 3 is 2.41 bits per heavy atom. The second-order valence-electron chi connectivity index (χ2n) is 7.45. The molecule has 7 nitrogen and oxygen atoms in total. The van der Waals surface area contributed by atoms with Gasteiger partial charge in [-0.25, -0.2) is 4.79 Å². The molecule has 1 fully saturated rings. The largest absolute Gasteiger partial charge is 0.465 e. The van der Waals surface area contributed by atoms with E-state index in [0.29, 0.717) is 13.1 Å². The maximum Gasteiger partial charge on any atom is 0.404 e. The minimum Gasteiger partial charge on any atom is -0.465 e. The molecule has 152 valence electrons. The van der Waals surface area contributed by atoms with Gasteiger partial charge in [-0.3, -0.25) is 9.80 Å². The second-order valence-corrected chi connectivity index (χ2v) is 7.45. The molecule has 0 aromatic heterocycles. The lowest BCUT2D eigenvalue weighted by atomic mass is 9.99. The number of rotatable bonds is 6. The summed E-state index contributed by atoms with van der Waals surface area (Å²) >= 11 is 0. The number of carbonyl (C=O) groups is 2. The molecule has 2 aliphatic heterocycles. The van der Waals surface area contributed by atoms with Gasteiger partial charge in [0.15, 0.2) is 0 Å². The van der Waals surface area contributed by atoms with Crippen LogP contribution in [0.25, 0.3) is 0 Å². The molecule has 0 saturated carbocycles. The van der Waals surface area contributed by atoms with Gasteiger partial charge in [0.2, 0.25) is 0 Å². The Hall–Kier alpha value is -2.90. The third-order valence-corrected chi connectivity index (χ3v) is 5.81. The number of anilines is 2. The Kier molecular flexibility index (Phi) is 5.78. The molecule has 29 heavy (non-hydrogen) atoms. The molecular formula is C22H26N4O3. The molecule has 0 bridgehead atoms. The summed E-state index contributed by atoms with van der Waals surface area (Å²) in [6.07, 6.45) is 0.0431. The number of nitrogens with one attached hydrogen (secondary N) is 1. The highest BCUT2D eigenvalue weighted by atomic mass is 16.4. The Bertz CT molecular complexity index is 852. The number of hydrogen-bond acceptors (Lipinski definition) is 5. The molecule has 2 heterocycles. The third kappa shape index (κ3) is 3.97. The van der Waals surface area contributed by atoms with Crippen LogP contribution in [0, 0.1) is 0 Å². The molecule has 2 aromatic rings. The van der Waals surface area contributed by atoms with E-state index in [1.54, 1.807) is 0 Å². The number of nitrogens with zero attached hydrogens (tertiary/aromatic N) is 3. The highest BCUT2D eigenvalue weighted by Gasteiger charge is 2.43. The number of para-hydroxylation sites is 2. The van der Waals surface area contributed by atoms with Gasteiger partial charge in [0, 0.05) is 50.6 Å². The maximum absolute atomic E-state index is 12.1. The van der Waals surface area contributed by atoms with Crippen LogP contribution in [0.3, 0.4) is 0 Å². The number of carbonyl (C=O) groups excluding carboxylic acids is 1. The van der Waals surface area contributed by atoms with Crippen LogP contribution in [-0.2, 0) is 4.79 Å². The lowest BCUT2D eigenvalue weighted by molar-refractivity contribution is -0.110. The Morgan fingerprint density at radius 1 is 1.03 bits per heavy atom. The standard InChI is InChI=1S/C22H26N4O3/c27-16-19-18-8-4-5-9-20(18)26(17-6-2-1-3-7-17)21(19)25-14-12-24(13-15-25)11-10-23-22(28)29/h1-9,16,19,21,23H,10-15H2,(H,28,29). The zero-order valence-corrected chi connectivity index (χ0v) is 16.3. The molecule has 2 aromatic carbocycles. The van der Waals surface area contributed by atoms with E-state index in [1.165, 1.54) is 0 Å². The van der Waals surface area contributed by atoms with E-state index in [0.717, 1.165) is 49.4 Å². The van der Waals surface area contributed by atoms with Crippen molar-refractivity contribution in [2.24, 2.45) is 0 Å². The highest BCUT2D eigenvalue weighted by molar-refractivity contribution is 5.81. The van der Waals surface area contributed by atoms with Crippen molar-refractivity contribution in [3.05, 3.63) is 60.2 Å². The molecule has 2 N–H and O–H groups in total. The van der Waals surface area contributed by atoms with Gasteiger partial charge in [-0.05, 0) is 23.8 Å². The zero-order valence-electron chi connectivity index (χ0n) is 16.3. The van der Waals surface area contributed by atoms with Crippen molar-refractivity contribution in [3.63, 3.8) is 0 Å². The topological polar surface area (TPSA) is 76.1 Å². The number of aldehydes is 1. The lowest BCUT2D eigenvalue weighted by Gasteiger charge is -2.43. The van der Waals surface area contributed by atoms with Gasteiger partial charge in [-0.2, -0.15) is 0 Å². The van der Waals surface area contributed by atoms with Crippen molar-refractivity contribution < 1.29 is 14.7 Å². The van der Waals surface area contributed by atoms with E-state index >= 15 is 0 Å². The average molecular weight is 394 g/mol. The van der Waals surface area contributed by atoms with Crippen molar-refractivity contribution >= 4 is 23.8 Å². The van der Waals surface area contributed by atoms with Crippen molar-refractivity contribution in [2.45, 2.75) is 12.1 Å². The van der Waals surface area contributed by atoms with E-state index < -0.39 is 6.09 Å². The highest BCUT2D eigenvalue weighted by Crippen LogP contribution is 2.45. The van der Waals surface area contributed by atoms with Crippen molar-refractivity contribution in [3.8, 4) is 0 Å². The Morgan fingerprint density at radius 2 is 1.72 bits per heavy atom. The number of carboxylic acid groups (broad SMARTS) is 1. The van der Waals surface area contributed by atoms with Gasteiger partial charge < -0.3 is 20.1 Å². The van der Waals surface area contributed by atoms with Gasteiger partial charge in [0.25, 0.3) is 0 Å². The zero-order chi connectivity index (χ0) is 20.2. The molecule has 1 saturated heterocycles. The molecule has 0 radical (unpaired) electrons. The number of amides is 1. The summed E-state index contributed by atoms with van der Waals surface area (Å²) in [6, 6.07) is 18.4. The molecule has 4 rings (SSSR count). The predicted octanol–water partition coefficient (Wildman–Crippen LogP) is 2.33. The van der Waals surface area contributed by atoms with E-state index in [4.69, 9.17) is 5.11 Å². The third-order valence-electron chi connectivity index (χ3n) is 5.81. The van der Waals surface area contributed by atoms with Crippen molar-refractivity contribution in [2.75, 3.05) is 44.2 Å². The van der Waals surface area contributed by atoms with Crippen LogP contribution in [0.5, 0.6) is 0 Å². The van der Waals surface area contributed by atoms with Gasteiger partial charge in [0.1, 0.15) is 12.5 Å². The summed E-state index contributed by atoms with van der Waals surface area (Å²) in [4.78, 5) is 29.7. The van der Waals surface area contributed by atoms with Crippen LogP contribution in [-0.4, -0.2) is 72.7 Å². The fourth-order valence-corrected chi connectivity index (χ4v) is 4.44. The van der Waals surface area contributed by atoms with Crippen LogP contribution in [0.2, 0.25) is 0 Å². The maximum atomic E-state index is 12.1. The van der Waals surface area contributed by atoms with E-state index in [1.807, 2.05) is 30.3 Å². The Labute approximate surface area is 170 Å². The van der Waals surface area contributed by atoms with Crippen LogP contribution in [0.4, 0.5) is 16.2 Å². The summed E-state index contributed by atoms with van der Waals surface area (Å²) in [5, 5.41) is 11.2. The summed E-state index contributed by atoms with van der Waals surface area (Å²) < 4.78 is 0. The number of piperazine rings is 1. The smallest absolute Gasteiger partial charge is 0.404 e. The summed E-state index contributed by atoms with van der Waals surface area (Å²) in [6.45, 7) is 4.49. The monoisotopic (exact) mass is 394 g/mol. The first-order chi connectivity index (χ1) is 14.2. The molecule has 7 heteroatoms. The van der Waals surface area contributed by atoms with Gasteiger partial charge in [-0.15, -0.1) is 0 Å². The molecule has 0 aliphatic carbocycles. The SMILES string of the molecule is O=CC1c2ccccc2N(c2ccccc2)C1N1CCN(CCNC(=O)O)CC1. The van der Waals surface area contributed by atoms with Crippen LogP contribution in [0.1, 0.15) is 11.5 Å². The predicted molar refractivity (Wildman–Crippen MR) is 112 cm³/mol. The van der Waals surface area contributed by atoms with Gasteiger partial charge in [0.05, 0.1) is 5.92 Å². The summed E-state index contributed by atoms with van der Waals surface area (Å²) in [7, 11) is 0. The minimum atomic E-state index is -0.986. The summed E-state index contributed by atoms with van der Waals surface area (Å²) in [5.74, 6) is -0.202. The van der Waals surface area contributed by atoms with Crippen LogP contribution >= 0.6 is 0 Å². The minimum absolute atomic E-state index is 0.0494. The quantitative estimate of drug-likeness (QED) is 0.733. The van der Waals surface area contributed by atoms with Gasteiger partial charge in [-0.1, -0.05) is 36.4 Å². The summed E-state index contributed by atoms with van der Waals surface area (Å²) in [5.41, 5.74) is 3.25. The van der Waals surface area contributed by atoms with Gasteiger partial charge >= 0.3 is 6.09 Å². The number of benzene rings is 2. The molecule has 2 atom stereocenters. The lowest BCUT2D eigenvalue weighted by Crippen LogP contribution is -2.56. The van der Waals surface area contributed by atoms with Crippen molar-refractivity contribution in [1.82, 2.24) is 15.1 Å².